The summed E-state index contributed by atoms with van der Waals surface area (Å²) >= 11 is 0. The number of nitrogens with zero attached hydrogens (tertiary/aromatic N) is 1. The normalized spacial score (nSPS) is 12.8. The zero-order valence-electron chi connectivity index (χ0n) is 9.15. The van der Waals surface area contributed by atoms with Gasteiger partial charge in [0.05, 0.1) is 0 Å². The molecular formula is C9H22N4. The van der Waals surface area contributed by atoms with Gasteiger partial charge in [-0.2, -0.15) is 0 Å². The molecule has 0 amide bonds. The fraction of sp³-hybridized carbons (Fsp3) is 0.889. The lowest BCUT2D eigenvalue weighted by Gasteiger charge is -2.20. The van der Waals surface area contributed by atoms with Gasteiger partial charge in [0, 0.05) is 13.1 Å². The number of hydrazine groups is 1. The van der Waals surface area contributed by atoms with E-state index in [2.05, 4.69) is 36.5 Å². The summed E-state index contributed by atoms with van der Waals surface area (Å²) < 4.78 is 0. The van der Waals surface area contributed by atoms with Gasteiger partial charge in [0.15, 0.2) is 0 Å². The number of aliphatic imine (C=N–C) groups is 1. The Morgan fingerprint density at radius 1 is 1.38 bits per heavy atom. The molecule has 0 saturated heterocycles. The van der Waals surface area contributed by atoms with Gasteiger partial charge in [-0.15, -0.1) is 0 Å². The maximum absolute atomic E-state index is 5.29. The second kappa shape index (κ2) is 5.80. The van der Waals surface area contributed by atoms with Crippen LogP contribution in [-0.2, 0) is 0 Å². The summed E-state index contributed by atoms with van der Waals surface area (Å²) in [5.74, 6) is 5.96. The number of nitrogens with one attached hydrogen (secondary N) is 2. The molecule has 0 saturated carbocycles. The largest absolute Gasteiger partial charge is 0.356 e. The van der Waals surface area contributed by atoms with Crippen LogP contribution in [-0.4, -0.2) is 19.0 Å². The minimum Gasteiger partial charge on any atom is -0.356 e. The van der Waals surface area contributed by atoms with Crippen molar-refractivity contribution in [3.63, 3.8) is 0 Å². The van der Waals surface area contributed by atoms with Crippen molar-refractivity contribution in [2.75, 3.05) is 13.1 Å². The molecule has 4 N–H and O–H groups in total. The Kier molecular flexibility index (Phi) is 5.46. The van der Waals surface area contributed by atoms with Gasteiger partial charge in [0.1, 0.15) is 0 Å². The molecule has 0 aromatic carbocycles. The predicted molar refractivity (Wildman–Crippen MR) is 57.4 cm³/mol. The number of hydrogen-bond donors (Lipinski definition) is 3. The van der Waals surface area contributed by atoms with E-state index in [0.717, 1.165) is 19.5 Å². The molecule has 0 radical (unpaired) electrons. The molecule has 0 aliphatic heterocycles. The molecule has 0 aliphatic rings. The second-order valence-electron chi connectivity index (χ2n) is 3.86. The van der Waals surface area contributed by atoms with Crippen molar-refractivity contribution in [1.82, 2.24) is 10.7 Å². The summed E-state index contributed by atoms with van der Waals surface area (Å²) in [5, 5.41) is 3.04. The summed E-state index contributed by atoms with van der Waals surface area (Å²) in [5.41, 5.74) is 2.79. The molecule has 0 aromatic heterocycles. The zero-order chi connectivity index (χ0) is 10.3. The van der Waals surface area contributed by atoms with Crippen LogP contribution in [0.15, 0.2) is 4.99 Å². The Morgan fingerprint density at radius 2 is 2.00 bits per heavy atom. The van der Waals surface area contributed by atoms with Gasteiger partial charge in [-0.3, -0.25) is 10.4 Å². The minimum absolute atomic E-state index is 0.248. The van der Waals surface area contributed by atoms with Crippen LogP contribution in [0.3, 0.4) is 0 Å². The Bertz CT molecular complexity index is 163. The Labute approximate surface area is 81.0 Å². The average molecular weight is 186 g/mol. The summed E-state index contributed by atoms with van der Waals surface area (Å²) in [4.78, 5) is 4.34. The maximum Gasteiger partial charge on any atom is 0.205 e. The Balaban J connectivity index is 4.05. The van der Waals surface area contributed by atoms with Gasteiger partial charge in [-0.05, 0) is 18.8 Å². The Morgan fingerprint density at radius 3 is 2.38 bits per heavy atom. The van der Waals surface area contributed by atoms with Crippen LogP contribution in [0, 0.1) is 5.41 Å². The molecule has 0 spiro atoms. The van der Waals surface area contributed by atoms with E-state index in [1.165, 1.54) is 0 Å². The molecular weight excluding hydrogens is 164 g/mol. The van der Waals surface area contributed by atoms with Crippen LogP contribution in [0.4, 0.5) is 0 Å². The van der Waals surface area contributed by atoms with E-state index in [1.54, 1.807) is 0 Å². The summed E-state index contributed by atoms with van der Waals surface area (Å²) in [6, 6.07) is 0. The number of guanidine groups is 1. The van der Waals surface area contributed by atoms with Crippen LogP contribution >= 0.6 is 0 Å². The third kappa shape index (κ3) is 5.47. The smallest absolute Gasteiger partial charge is 0.205 e. The fourth-order valence-corrected chi connectivity index (χ4v) is 0.725. The van der Waals surface area contributed by atoms with Crippen LogP contribution in [0.5, 0.6) is 0 Å². The van der Waals surface area contributed by atoms with Crippen LogP contribution in [0.1, 0.15) is 34.1 Å². The molecule has 78 valence electrons. The zero-order valence-corrected chi connectivity index (χ0v) is 9.15. The lowest BCUT2D eigenvalue weighted by molar-refractivity contribution is 0.365. The lowest BCUT2D eigenvalue weighted by Crippen LogP contribution is -2.42. The monoisotopic (exact) mass is 186 g/mol. The Hall–Kier alpha value is -0.770. The van der Waals surface area contributed by atoms with Gasteiger partial charge in [0.25, 0.3) is 0 Å². The van der Waals surface area contributed by atoms with Crippen LogP contribution in [0.25, 0.3) is 0 Å². The molecule has 0 rings (SSSR count). The summed E-state index contributed by atoms with van der Waals surface area (Å²) in [7, 11) is 0. The standard InChI is InChI=1S/C9H22N4/c1-5-9(3,4)7-12-8(13-10)11-6-2/h5-7,10H2,1-4H3,(H2,11,12,13). The van der Waals surface area contributed by atoms with Crippen molar-refractivity contribution in [3.8, 4) is 0 Å². The number of nitrogens with two attached hydrogens (primary N) is 1. The molecule has 13 heavy (non-hydrogen) atoms. The first-order valence-electron chi connectivity index (χ1n) is 4.80. The predicted octanol–water partition coefficient (Wildman–Crippen LogP) is 0.851. The molecule has 0 heterocycles. The van der Waals surface area contributed by atoms with Crippen molar-refractivity contribution in [2.24, 2.45) is 16.3 Å². The quantitative estimate of drug-likeness (QED) is 0.264. The van der Waals surface area contributed by atoms with Gasteiger partial charge in [-0.25, -0.2) is 5.84 Å². The third-order valence-electron chi connectivity index (χ3n) is 2.10. The topological polar surface area (TPSA) is 62.4 Å². The molecule has 0 atom stereocenters. The van der Waals surface area contributed by atoms with Crippen molar-refractivity contribution in [3.05, 3.63) is 0 Å². The van der Waals surface area contributed by atoms with E-state index >= 15 is 0 Å². The van der Waals surface area contributed by atoms with Crippen molar-refractivity contribution in [1.29, 1.82) is 0 Å². The SMILES string of the molecule is CCNC(=NCC(C)(C)CC)NN. The van der Waals surface area contributed by atoms with E-state index in [-0.39, 0.29) is 5.41 Å². The van der Waals surface area contributed by atoms with E-state index < -0.39 is 0 Å². The molecule has 0 aliphatic carbocycles. The van der Waals surface area contributed by atoms with E-state index in [0.29, 0.717) is 5.96 Å². The molecule has 4 heteroatoms. The van der Waals surface area contributed by atoms with Gasteiger partial charge >= 0.3 is 0 Å². The van der Waals surface area contributed by atoms with Gasteiger partial charge in [-0.1, -0.05) is 20.8 Å². The van der Waals surface area contributed by atoms with Crippen molar-refractivity contribution < 1.29 is 0 Å². The molecule has 0 unspecified atom stereocenters. The highest BCUT2D eigenvalue weighted by molar-refractivity contribution is 5.79. The van der Waals surface area contributed by atoms with E-state index in [9.17, 15) is 0 Å². The summed E-state index contributed by atoms with van der Waals surface area (Å²) in [6.07, 6.45) is 1.11. The average Bonchev–Trinajstić information content (AvgIpc) is 2.12. The van der Waals surface area contributed by atoms with Crippen molar-refractivity contribution >= 4 is 5.96 Å². The molecule has 0 fully saturated rings. The highest BCUT2D eigenvalue weighted by Crippen LogP contribution is 2.19. The first kappa shape index (κ1) is 12.2. The van der Waals surface area contributed by atoms with Crippen molar-refractivity contribution in [2.45, 2.75) is 34.1 Å². The second-order valence-corrected chi connectivity index (χ2v) is 3.86. The van der Waals surface area contributed by atoms with Crippen LogP contribution in [0.2, 0.25) is 0 Å². The lowest BCUT2D eigenvalue weighted by atomic mass is 9.91. The number of rotatable bonds is 4. The molecule has 4 nitrogen and oxygen atoms in total. The van der Waals surface area contributed by atoms with E-state index in [1.807, 2.05) is 6.92 Å². The highest BCUT2D eigenvalue weighted by atomic mass is 15.3. The summed E-state index contributed by atoms with van der Waals surface area (Å²) in [6.45, 7) is 10.2. The maximum atomic E-state index is 5.29. The van der Waals surface area contributed by atoms with Gasteiger partial charge < -0.3 is 5.32 Å². The highest BCUT2D eigenvalue weighted by Gasteiger charge is 2.14. The molecule has 0 aromatic rings. The minimum atomic E-state index is 0.248. The van der Waals surface area contributed by atoms with Gasteiger partial charge in [0.2, 0.25) is 5.96 Å². The number of hydrogen-bond acceptors (Lipinski definition) is 2. The first-order chi connectivity index (χ1) is 6.05. The first-order valence-corrected chi connectivity index (χ1v) is 4.80. The molecule has 0 bridgehead atoms. The third-order valence-corrected chi connectivity index (χ3v) is 2.10. The fourth-order valence-electron chi connectivity index (χ4n) is 0.725. The van der Waals surface area contributed by atoms with E-state index in [4.69, 9.17) is 5.84 Å². The van der Waals surface area contributed by atoms with Crippen LogP contribution < -0.4 is 16.6 Å².